The summed E-state index contributed by atoms with van der Waals surface area (Å²) in [5.74, 6) is -0.851. The number of halogens is 3. The normalized spacial score (nSPS) is 13.3. The molecular weight excluding hydrogens is 613 g/mol. The highest BCUT2D eigenvalue weighted by molar-refractivity contribution is 6.17. The van der Waals surface area contributed by atoms with Gasteiger partial charge in [0, 0.05) is 61.4 Å². The third kappa shape index (κ3) is 5.51. The van der Waals surface area contributed by atoms with Crippen molar-refractivity contribution in [3.05, 3.63) is 107 Å². The molecule has 1 aliphatic heterocycles. The van der Waals surface area contributed by atoms with Crippen molar-refractivity contribution in [3.8, 4) is 11.1 Å². The van der Waals surface area contributed by atoms with Gasteiger partial charge in [0.2, 0.25) is 0 Å². The van der Waals surface area contributed by atoms with E-state index in [-0.39, 0.29) is 42.6 Å². The number of oxazole rings is 1. The number of amides is 2. The molecule has 0 saturated heterocycles. The molecule has 0 fully saturated rings. The van der Waals surface area contributed by atoms with Gasteiger partial charge in [0.1, 0.15) is 6.26 Å². The highest BCUT2D eigenvalue weighted by atomic mass is 19.4. The van der Waals surface area contributed by atoms with Crippen LogP contribution in [0.3, 0.4) is 0 Å². The number of aromatic nitrogens is 6. The average molecular weight is 641 g/mol. The number of rotatable bonds is 7. The van der Waals surface area contributed by atoms with Gasteiger partial charge in [-0.2, -0.15) is 18.3 Å². The minimum Gasteiger partial charge on any atom is -0.432 e. The molecule has 0 saturated carbocycles. The van der Waals surface area contributed by atoms with Gasteiger partial charge in [-0.3, -0.25) is 24.6 Å². The summed E-state index contributed by atoms with van der Waals surface area (Å²) in [7, 11) is 1.44. The summed E-state index contributed by atoms with van der Waals surface area (Å²) in [5, 5.41) is 6.94. The first-order valence-corrected chi connectivity index (χ1v) is 14.8. The van der Waals surface area contributed by atoms with E-state index in [0.717, 1.165) is 10.2 Å². The Morgan fingerprint density at radius 3 is 2.60 bits per heavy atom. The summed E-state index contributed by atoms with van der Waals surface area (Å²) in [6.45, 7) is 2.43. The molecule has 4 aromatic heterocycles. The molecule has 2 amide bonds. The quantitative estimate of drug-likeness (QED) is 0.230. The number of carbonyl (C=O) groups excluding carboxylic acids is 2. The van der Waals surface area contributed by atoms with Crippen molar-refractivity contribution in [3.63, 3.8) is 0 Å². The van der Waals surface area contributed by atoms with Crippen molar-refractivity contribution >= 4 is 34.4 Å². The molecule has 0 radical (unpaired) electrons. The van der Waals surface area contributed by atoms with Crippen molar-refractivity contribution in [2.24, 2.45) is 7.05 Å². The maximum atomic E-state index is 14.4. The number of fused-ring (bicyclic) bond motifs is 2. The van der Waals surface area contributed by atoms with Crippen molar-refractivity contribution < 1.29 is 27.2 Å². The molecule has 5 heterocycles. The molecule has 6 aromatic rings. The van der Waals surface area contributed by atoms with Gasteiger partial charge in [-0.1, -0.05) is 6.92 Å². The molecule has 238 valence electrons. The number of anilines is 2. The number of benzene rings is 2. The number of nitrogens with zero attached hydrogens (tertiary/aromatic N) is 7. The number of aryl methyl sites for hydroxylation is 2. The van der Waals surface area contributed by atoms with Gasteiger partial charge in [0.15, 0.2) is 5.69 Å². The van der Waals surface area contributed by atoms with Crippen LogP contribution in [0.4, 0.5) is 24.9 Å². The van der Waals surface area contributed by atoms with E-state index >= 15 is 0 Å². The van der Waals surface area contributed by atoms with Crippen LogP contribution >= 0.6 is 0 Å². The van der Waals surface area contributed by atoms with Crippen LogP contribution in [0.1, 0.15) is 50.0 Å². The van der Waals surface area contributed by atoms with Crippen LogP contribution in [0.5, 0.6) is 0 Å². The number of hydrogen-bond donors (Lipinski definition) is 1. The molecule has 11 nitrogen and oxygen atoms in total. The average Bonchev–Trinajstić information content (AvgIpc) is 3.83. The molecule has 7 rings (SSSR count). The number of pyridine rings is 1. The molecule has 0 aliphatic carbocycles. The molecule has 14 heteroatoms. The highest BCUT2D eigenvalue weighted by Gasteiger charge is 2.39. The minimum atomic E-state index is -4.70. The lowest BCUT2D eigenvalue weighted by Crippen LogP contribution is -2.38. The number of carbonyl (C=O) groups is 2. The Balaban J connectivity index is 1.35. The largest absolute Gasteiger partial charge is 0.435 e. The number of imidazole rings is 1. The summed E-state index contributed by atoms with van der Waals surface area (Å²) in [6, 6.07) is 8.81. The zero-order chi connectivity index (χ0) is 32.9. The second-order valence-corrected chi connectivity index (χ2v) is 11.2. The summed E-state index contributed by atoms with van der Waals surface area (Å²) in [6.07, 6.45) is 6.76. The topological polar surface area (TPSA) is 124 Å². The third-order valence-electron chi connectivity index (χ3n) is 8.16. The number of nitrogens with one attached hydrogen (secondary N) is 1. The van der Waals surface area contributed by atoms with Crippen LogP contribution in [-0.4, -0.2) is 47.7 Å². The lowest BCUT2D eigenvalue weighted by Gasteiger charge is -2.31. The molecule has 0 unspecified atom stereocenters. The number of alkyl halides is 3. The van der Waals surface area contributed by atoms with E-state index < -0.39 is 17.8 Å². The first-order chi connectivity index (χ1) is 22.6. The van der Waals surface area contributed by atoms with Gasteiger partial charge in [-0.15, -0.1) is 0 Å². The predicted octanol–water partition coefficient (Wildman–Crippen LogP) is 5.90. The zero-order valence-corrected chi connectivity index (χ0v) is 25.2. The summed E-state index contributed by atoms with van der Waals surface area (Å²) in [5.41, 5.74) is 2.67. The van der Waals surface area contributed by atoms with E-state index in [1.807, 2.05) is 13.0 Å². The monoisotopic (exact) mass is 640 g/mol. The van der Waals surface area contributed by atoms with Gasteiger partial charge in [0.25, 0.3) is 11.8 Å². The lowest BCUT2D eigenvalue weighted by atomic mass is 9.87. The molecular formula is C33H27F3N8O3. The van der Waals surface area contributed by atoms with Crippen LogP contribution in [0, 0.1) is 0 Å². The Labute approximate surface area is 265 Å². The fourth-order valence-electron chi connectivity index (χ4n) is 6.07. The Bertz CT molecular complexity index is 2140. The molecule has 1 aliphatic rings. The van der Waals surface area contributed by atoms with Gasteiger partial charge >= 0.3 is 12.2 Å². The standard InChI is InChI=1S/C33H27F3N8O3/c1-3-19-12-24-27(4-6-38-28(24)25(13-19)30(45)40-32-39-8-11-47-32)44-9-5-21-22(26-17-42(2)41-29(26)33(34,35)36)14-20(15-23(21)31(44)46)16-43-10-7-37-18-43/h4,6-8,10-15,17-18H,3,5,9,16H2,1-2H3,(H,39,40,45). The van der Waals surface area contributed by atoms with Crippen LogP contribution in [0.2, 0.25) is 0 Å². The molecule has 0 spiro atoms. The first-order valence-electron chi connectivity index (χ1n) is 14.8. The van der Waals surface area contributed by atoms with E-state index in [1.54, 1.807) is 52.5 Å². The van der Waals surface area contributed by atoms with E-state index in [1.165, 1.54) is 31.9 Å². The van der Waals surface area contributed by atoms with Gasteiger partial charge in [-0.25, -0.2) is 9.97 Å². The second-order valence-electron chi connectivity index (χ2n) is 11.2. The fraction of sp³-hybridized carbons (Fsp3) is 0.212. The van der Waals surface area contributed by atoms with Crippen LogP contribution in [-0.2, 0) is 32.6 Å². The van der Waals surface area contributed by atoms with Gasteiger partial charge in [-0.05, 0) is 65.4 Å². The lowest BCUT2D eigenvalue weighted by molar-refractivity contribution is -0.141. The van der Waals surface area contributed by atoms with Crippen LogP contribution < -0.4 is 10.2 Å². The van der Waals surface area contributed by atoms with E-state index in [4.69, 9.17) is 4.42 Å². The Kier molecular flexibility index (Phi) is 7.34. The van der Waals surface area contributed by atoms with Crippen molar-refractivity contribution in [2.75, 3.05) is 16.8 Å². The first kappa shape index (κ1) is 29.9. The summed E-state index contributed by atoms with van der Waals surface area (Å²) in [4.78, 5) is 41.9. The number of hydrogen-bond acceptors (Lipinski definition) is 7. The second kappa shape index (κ2) is 11.5. The molecule has 1 N–H and O–H groups in total. The minimum absolute atomic E-state index is 0.0358. The van der Waals surface area contributed by atoms with Crippen LogP contribution in [0.25, 0.3) is 22.0 Å². The maximum absolute atomic E-state index is 14.4. The SMILES string of the molecule is CCc1cc(C(=O)Nc2ncco2)c2nccc(N3CCc4c(cc(Cn5ccnc5)cc4-c4cn(C)nc4C(F)(F)F)C3=O)c2c1. The Morgan fingerprint density at radius 2 is 1.87 bits per heavy atom. The third-order valence-corrected chi connectivity index (χ3v) is 8.16. The van der Waals surface area contributed by atoms with E-state index in [0.29, 0.717) is 45.3 Å². The van der Waals surface area contributed by atoms with Crippen molar-refractivity contribution in [2.45, 2.75) is 32.5 Å². The van der Waals surface area contributed by atoms with E-state index in [9.17, 15) is 22.8 Å². The van der Waals surface area contributed by atoms with Crippen molar-refractivity contribution in [1.82, 2.24) is 29.3 Å². The highest BCUT2D eigenvalue weighted by Crippen LogP contribution is 2.41. The summed E-state index contributed by atoms with van der Waals surface area (Å²) < 4.78 is 50.5. The van der Waals surface area contributed by atoms with E-state index in [2.05, 4.69) is 25.4 Å². The van der Waals surface area contributed by atoms with Gasteiger partial charge < -0.3 is 13.9 Å². The predicted molar refractivity (Wildman–Crippen MR) is 166 cm³/mol. The molecule has 0 atom stereocenters. The molecule has 47 heavy (non-hydrogen) atoms. The molecule has 0 bridgehead atoms. The van der Waals surface area contributed by atoms with Gasteiger partial charge in [0.05, 0.1) is 29.3 Å². The Morgan fingerprint density at radius 1 is 1.04 bits per heavy atom. The van der Waals surface area contributed by atoms with Crippen LogP contribution in [0.15, 0.2) is 78.3 Å². The fourth-order valence-corrected chi connectivity index (χ4v) is 6.07. The zero-order valence-electron chi connectivity index (χ0n) is 25.2. The smallest absolute Gasteiger partial charge is 0.432 e. The maximum Gasteiger partial charge on any atom is 0.435 e. The molecule has 2 aromatic carbocycles. The summed E-state index contributed by atoms with van der Waals surface area (Å²) >= 11 is 0. The Hall–Kier alpha value is -5.79. The van der Waals surface area contributed by atoms with Crippen molar-refractivity contribution in [1.29, 1.82) is 0 Å².